The number of carbonyl (C=O) groups is 1. The maximum absolute atomic E-state index is 12.8. The van der Waals surface area contributed by atoms with Crippen LogP contribution in [0, 0.1) is 0 Å². The SMILES string of the molecule is O=C(COc1ccccc1)N(c1ccc(Br)cc1)C1C=CS(=O)(=O)C1. The first-order valence-corrected chi connectivity index (χ1v) is 10.1. The molecule has 0 spiro atoms. The Morgan fingerprint density at radius 1 is 1.12 bits per heavy atom. The van der Waals surface area contributed by atoms with E-state index in [9.17, 15) is 13.2 Å². The number of amides is 1. The average Bonchev–Trinajstić information content (AvgIpc) is 2.95. The summed E-state index contributed by atoms with van der Waals surface area (Å²) in [5.41, 5.74) is 0.622. The summed E-state index contributed by atoms with van der Waals surface area (Å²) in [5.74, 6) is 0.152. The van der Waals surface area contributed by atoms with Crippen molar-refractivity contribution in [3.8, 4) is 5.75 Å². The summed E-state index contributed by atoms with van der Waals surface area (Å²) in [7, 11) is -3.28. The van der Waals surface area contributed by atoms with Crippen molar-refractivity contribution >= 4 is 37.4 Å². The largest absolute Gasteiger partial charge is 0.484 e. The van der Waals surface area contributed by atoms with Crippen LogP contribution in [0.2, 0.25) is 0 Å². The molecule has 0 saturated heterocycles. The fourth-order valence-corrected chi connectivity index (χ4v) is 4.11. The van der Waals surface area contributed by atoms with Crippen molar-refractivity contribution < 1.29 is 17.9 Å². The van der Waals surface area contributed by atoms with E-state index in [4.69, 9.17) is 4.74 Å². The van der Waals surface area contributed by atoms with Crippen molar-refractivity contribution in [3.05, 3.63) is 70.6 Å². The Morgan fingerprint density at radius 3 is 2.40 bits per heavy atom. The van der Waals surface area contributed by atoms with Crippen LogP contribution in [0.4, 0.5) is 5.69 Å². The zero-order valence-electron chi connectivity index (χ0n) is 13.2. The minimum Gasteiger partial charge on any atom is -0.484 e. The van der Waals surface area contributed by atoms with Gasteiger partial charge in [0.05, 0.1) is 11.8 Å². The number of hydrogen-bond donors (Lipinski definition) is 0. The Hall–Kier alpha value is -2.12. The fourth-order valence-electron chi connectivity index (χ4n) is 2.57. The Labute approximate surface area is 155 Å². The third-order valence-electron chi connectivity index (χ3n) is 3.72. The summed E-state index contributed by atoms with van der Waals surface area (Å²) in [6, 6.07) is 15.6. The molecule has 1 unspecified atom stereocenters. The van der Waals surface area contributed by atoms with E-state index in [-0.39, 0.29) is 18.3 Å². The standard InChI is InChI=1S/C18H16BrNO4S/c19-14-6-8-15(9-7-14)20(16-10-11-25(22,23)13-16)18(21)12-24-17-4-2-1-3-5-17/h1-11,16H,12-13H2. The minimum atomic E-state index is -3.28. The monoisotopic (exact) mass is 421 g/mol. The van der Waals surface area contributed by atoms with Gasteiger partial charge < -0.3 is 9.64 Å². The Kier molecular flexibility index (Phi) is 5.24. The van der Waals surface area contributed by atoms with Crippen molar-refractivity contribution in [2.24, 2.45) is 0 Å². The normalized spacial score (nSPS) is 18.0. The van der Waals surface area contributed by atoms with E-state index in [0.717, 1.165) is 9.88 Å². The molecule has 0 fully saturated rings. The molecule has 25 heavy (non-hydrogen) atoms. The highest BCUT2D eigenvalue weighted by Gasteiger charge is 2.31. The lowest BCUT2D eigenvalue weighted by Gasteiger charge is -2.27. The molecule has 0 bridgehead atoms. The number of halogens is 1. The molecule has 1 amide bonds. The molecule has 0 saturated carbocycles. The van der Waals surface area contributed by atoms with Crippen molar-refractivity contribution in [1.82, 2.24) is 0 Å². The van der Waals surface area contributed by atoms with E-state index in [1.54, 1.807) is 36.4 Å². The number of carbonyl (C=O) groups excluding carboxylic acids is 1. The van der Waals surface area contributed by atoms with Gasteiger partial charge in [0.1, 0.15) is 5.75 Å². The molecule has 1 atom stereocenters. The first-order valence-electron chi connectivity index (χ1n) is 7.61. The molecule has 1 heterocycles. The zero-order valence-corrected chi connectivity index (χ0v) is 15.6. The first kappa shape index (κ1) is 17.7. The van der Waals surface area contributed by atoms with Crippen LogP contribution in [0.25, 0.3) is 0 Å². The summed E-state index contributed by atoms with van der Waals surface area (Å²) in [6.45, 7) is -0.176. The van der Waals surface area contributed by atoms with Gasteiger partial charge in [-0.2, -0.15) is 0 Å². The number of anilines is 1. The van der Waals surface area contributed by atoms with Crippen LogP contribution in [-0.2, 0) is 14.6 Å². The smallest absolute Gasteiger partial charge is 0.265 e. The molecular weight excluding hydrogens is 406 g/mol. The number of nitrogens with zero attached hydrogens (tertiary/aromatic N) is 1. The summed E-state index contributed by atoms with van der Waals surface area (Å²) in [4.78, 5) is 14.2. The van der Waals surface area contributed by atoms with Gasteiger partial charge in [0, 0.05) is 15.6 Å². The number of ether oxygens (including phenoxy) is 1. The zero-order chi connectivity index (χ0) is 17.9. The van der Waals surface area contributed by atoms with Crippen LogP contribution in [-0.4, -0.2) is 32.7 Å². The molecule has 2 aromatic rings. The molecule has 0 aliphatic carbocycles. The molecule has 0 N–H and O–H groups in total. The average molecular weight is 422 g/mol. The summed E-state index contributed by atoms with van der Waals surface area (Å²) in [5, 5.41) is 1.16. The molecule has 0 aromatic heterocycles. The number of benzene rings is 2. The van der Waals surface area contributed by atoms with Crippen molar-refractivity contribution in [2.45, 2.75) is 6.04 Å². The maximum atomic E-state index is 12.8. The molecule has 5 nitrogen and oxygen atoms in total. The molecule has 1 aliphatic heterocycles. The minimum absolute atomic E-state index is 0.125. The third-order valence-corrected chi connectivity index (χ3v) is 5.63. The summed E-state index contributed by atoms with van der Waals surface area (Å²) < 4.78 is 29.9. The number of hydrogen-bond acceptors (Lipinski definition) is 4. The fraction of sp³-hybridized carbons (Fsp3) is 0.167. The van der Waals surface area contributed by atoms with Crippen LogP contribution >= 0.6 is 15.9 Å². The first-order chi connectivity index (χ1) is 11.9. The Morgan fingerprint density at radius 2 is 1.80 bits per heavy atom. The highest BCUT2D eigenvalue weighted by molar-refractivity contribution is 9.10. The predicted molar refractivity (Wildman–Crippen MR) is 100 cm³/mol. The topological polar surface area (TPSA) is 63.7 Å². The van der Waals surface area contributed by atoms with Gasteiger partial charge in [-0.3, -0.25) is 4.79 Å². The summed E-state index contributed by atoms with van der Waals surface area (Å²) in [6.07, 6.45) is 1.54. The van der Waals surface area contributed by atoms with E-state index in [1.807, 2.05) is 18.2 Å². The lowest BCUT2D eigenvalue weighted by atomic mass is 10.2. The molecule has 2 aromatic carbocycles. The Balaban J connectivity index is 1.82. The number of rotatable bonds is 5. The van der Waals surface area contributed by atoms with Gasteiger partial charge in [-0.15, -0.1) is 0 Å². The maximum Gasteiger partial charge on any atom is 0.265 e. The van der Waals surface area contributed by atoms with Crippen LogP contribution in [0.5, 0.6) is 5.75 Å². The third kappa shape index (κ3) is 4.49. The second kappa shape index (κ2) is 7.41. The molecule has 7 heteroatoms. The van der Waals surface area contributed by atoms with Gasteiger partial charge in [-0.05, 0) is 42.5 Å². The van der Waals surface area contributed by atoms with Crippen molar-refractivity contribution in [2.75, 3.05) is 17.3 Å². The van der Waals surface area contributed by atoms with Gasteiger partial charge >= 0.3 is 0 Å². The van der Waals surface area contributed by atoms with Crippen LogP contribution in [0.3, 0.4) is 0 Å². The van der Waals surface area contributed by atoms with Crippen molar-refractivity contribution in [1.29, 1.82) is 0 Å². The summed E-state index contributed by atoms with van der Waals surface area (Å²) >= 11 is 3.36. The van der Waals surface area contributed by atoms with E-state index >= 15 is 0 Å². The highest BCUT2D eigenvalue weighted by Crippen LogP contribution is 2.25. The van der Waals surface area contributed by atoms with E-state index in [1.165, 1.54) is 11.0 Å². The lowest BCUT2D eigenvalue weighted by molar-refractivity contribution is -0.120. The quantitative estimate of drug-likeness (QED) is 0.743. The molecule has 130 valence electrons. The van der Waals surface area contributed by atoms with Gasteiger partial charge in [0.2, 0.25) is 0 Å². The van der Waals surface area contributed by atoms with E-state index in [0.29, 0.717) is 11.4 Å². The van der Waals surface area contributed by atoms with Crippen molar-refractivity contribution in [3.63, 3.8) is 0 Å². The van der Waals surface area contributed by atoms with Gasteiger partial charge in [0.25, 0.3) is 5.91 Å². The second-order valence-electron chi connectivity index (χ2n) is 5.57. The predicted octanol–water partition coefficient (Wildman–Crippen LogP) is 3.17. The molecule has 0 radical (unpaired) electrons. The number of sulfone groups is 1. The van der Waals surface area contributed by atoms with E-state index < -0.39 is 15.9 Å². The lowest BCUT2D eigenvalue weighted by Crippen LogP contribution is -2.43. The molecule has 3 rings (SSSR count). The molecule has 1 aliphatic rings. The van der Waals surface area contributed by atoms with Crippen LogP contribution in [0.15, 0.2) is 70.6 Å². The van der Waals surface area contributed by atoms with Gasteiger partial charge in [0.15, 0.2) is 16.4 Å². The van der Waals surface area contributed by atoms with E-state index in [2.05, 4.69) is 15.9 Å². The Bertz CT molecular complexity index is 879. The second-order valence-corrected chi connectivity index (χ2v) is 8.41. The number of para-hydroxylation sites is 1. The highest BCUT2D eigenvalue weighted by atomic mass is 79.9. The van der Waals surface area contributed by atoms with Gasteiger partial charge in [-0.25, -0.2) is 8.42 Å². The van der Waals surface area contributed by atoms with Gasteiger partial charge in [-0.1, -0.05) is 34.1 Å². The molecular formula is C18H16BrNO4S. The van der Waals surface area contributed by atoms with Crippen LogP contribution < -0.4 is 9.64 Å². The van der Waals surface area contributed by atoms with Crippen LogP contribution in [0.1, 0.15) is 0 Å².